The van der Waals surface area contributed by atoms with Gasteiger partial charge < -0.3 is 0 Å². The lowest BCUT2D eigenvalue weighted by Gasteiger charge is -2.26. The highest BCUT2D eigenvalue weighted by Gasteiger charge is 2.31. The Morgan fingerprint density at radius 3 is 2.44 bits per heavy atom. The normalized spacial score (nSPS) is 25.4. The van der Waals surface area contributed by atoms with E-state index in [0.29, 0.717) is 18.8 Å². The molecular weight excluding hydrogens is 200 g/mol. The van der Waals surface area contributed by atoms with Gasteiger partial charge in [0.25, 0.3) is 0 Å². The van der Waals surface area contributed by atoms with Gasteiger partial charge in [0.2, 0.25) is 0 Å². The summed E-state index contributed by atoms with van der Waals surface area (Å²) in [6.07, 6.45) is 2.18. The van der Waals surface area contributed by atoms with E-state index in [1.807, 2.05) is 18.2 Å². The third-order valence-electron chi connectivity index (χ3n) is 3.40. The number of carbonyl (C=O) groups excluding carboxylic acids is 2. The molecule has 2 rings (SSSR count). The number of hydrogen-bond acceptors (Lipinski definition) is 2. The average Bonchev–Trinajstić information content (AvgIpc) is 2.29. The molecule has 2 heteroatoms. The summed E-state index contributed by atoms with van der Waals surface area (Å²) in [7, 11) is 0. The van der Waals surface area contributed by atoms with Crippen molar-refractivity contribution >= 4 is 11.6 Å². The molecule has 0 aliphatic heterocycles. The van der Waals surface area contributed by atoms with Gasteiger partial charge >= 0.3 is 0 Å². The third kappa shape index (κ3) is 2.21. The van der Waals surface area contributed by atoms with E-state index in [0.717, 1.165) is 6.42 Å². The molecule has 84 valence electrons. The Labute approximate surface area is 95.7 Å². The van der Waals surface area contributed by atoms with E-state index in [-0.39, 0.29) is 17.5 Å². The van der Waals surface area contributed by atoms with Gasteiger partial charge in [-0.2, -0.15) is 0 Å². The maximum Gasteiger partial charge on any atom is 0.143 e. The minimum absolute atomic E-state index is 0.0245. The van der Waals surface area contributed by atoms with Gasteiger partial charge in [0.1, 0.15) is 11.6 Å². The molecule has 16 heavy (non-hydrogen) atoms. The lowest BCUT2D eigenvalue weighted by molar-refractivity contribution is -0.133. The zero-order valence-corrected chi connectivity index (χ0v) is 9.48. The van der Waals surface area contributed by atoms with Crippen molar-refractivity contribution < 1.29 is 9.59 Å². The molecule has 1 aliphatic rings. The van der Waals surface area contributed by atoms with E-state index in [4.69, 9.17) is 0 Å². The first-order valence-corrected chi connectivity index (χ1v) is 5.76. The van der Waals surface area contributed by atoms with Crippen molar-refractivity contribution in [2.75, 3.05) is 0 Å². The molecule has 0 spiro atoms. The monoisotopic (exact) mass is 216 g/mol. The number of hydrogen-bond donors (Lipinski definition) is 0. The van der Waals surface area contributed by atoms with Crippen LogP contribution in [0.4, 0.5) is 0 Å². The Morgan fingerprint density at radius 2 is 1.88 bits per heavy atom. The van der Waals surface area contributed by atoms with Gasteiger partial charge in [-0.25, -0.2) is 0 Å². The molecule has 0 bridgehead atoms. The van der Waals surface area contributed by atoms with Crippen LogP contribution in [-0.4, -0.2) is 11.6 Å². The number of carbonyl (C=O) groups is 2. The minimum Gasteiger partial charge on any atom is -0.299 e. The molecule has 1 aromatic rings. The molecule has 2 atom stereocenters. The molecule has 2 nitrogen and oxygen atoms in total. The lowest BCUT2D eigenvalue weighted by atomic mass is 9.76. The van der Waals surface area contributed by atoms with Crippen molar-refractivity contribution in [3.63, 3.8) is 0 Å². The molecule has 1 aromatic carbocycles. The standard InChI is InChI=1S/C14H16O2/c1-10(15)13-8-7-12(9-14(13)16)11-5-3-2-4-6-11/h2-6,12-13H,7-9H2,1H3/t12-,13+/m0/s1. The maximum absolute atomic E-state index is 11.8. The first-order valence-electron chi connectivity index (χ1n) is 5.76. The highest BCUT2D eigenvalue weighted by atomic mass is 16.1. The summed E-state index contributed by atoms with van der Waals surface area (Å²) in [5.74, 6) is 0.119. The first kappa shape index (κ1) is 11.1. The lowest BCUT2D eigenvalue weighted by Crippen LogP contribution is -2.28. The Balaban J connectivity index is 2.08. The molecule has 0 heterocycles. The molecule has 1 fully saturated rings. The van der Waals surface area contributed by atoms with Crippen LogP contribution >= 0.6 is 0 Å². The Hall–Kier alpha value is -1.44. The van der Waals surface area contributed by atoms with E-state index in [9.17, 15) is 9.59 Å². The Kier molecular flexibility index (Phi) is 3.18. The average molecular weight is 216 g/mol. The summed E-state index contributed by atoms with van der Waals surface area (Å²) in [5.41, 5.74) is 1.22. The minimum atomic E-state index is -0.333. The van der Waals surface area contributed by atoms with Gasteiger partial charge in [0, 0.05) is 6.42 Å². The molecule has 0 amide bonds. The molecule has 0 unspecified atom stereocenters. The maximum atomic E-state index is 11.8. The summed E-state index contributed by atoms with van der Waals surface area (Å²) in [6, 6.07) is 10.1. The summed E-state index contributed by atoms with van der Waals surface area (Å²) in [6.45, 7) is 1.52. The van der Waals surface area contributed by atoms with Gasteiger partial charge in [0.05, 0.1) is 5.92 Å². The molecule has 0 N–H and O–H groups in total. The molecule has 0 saturated heterocycles. The zero-order chi connectivity index (χ0) is 11.5. The van der Waals surface area contributed by atoms with Crippen molar-refractivity contribution in [1.29, 1.82) is 0 Å². The van der Waals surface area contributed by atoms with Crippen LogP contribution in [0.1, 0.15) is 37.7 Å². The predicted molar refractivity (Wildman–Crippen MR) is 62.2 cm³/mol. The quantitative estimate of drug-likeness (QED) is 0.712. The van der Waals surface area contributed by atoms with E-state index < -0.39 is 0 Å². The second-order valence-electron chi connectivity index (χ2n) is 4.52. The fourth-order valence-electron chi connectivity index (χ4n) is 2.46. The third-order valence-corrected chi connectivity index (χ3v) is 3.40. The SMILES string of the molecule is CC(=O)[C@H]1CC[C@H](c2ccccc2)CC1=O. The fraction of sp³-hybridized carbons (Fsp3) is 0.429. The summed E-state index contributed by atoms with van der Waals surface area (Å²) in [5, 5.41) is 0. The highest BCUT2D eigenvalue weighted by molar-refractivity contribution is 6.02. The Morgan fingerprint density at radius 1 is 1.19 bits per heavy atom. The topological polar surface area (TPSA) is 34.1 Å². The predicted octanol–water partition coefficient (Wildman–Crippen LogP) is 2.73. The highest BCUT2D eigenvalue weighted by Crippen LogP contribution is 2.33. The van der Waals surface area contributed by atoms with Crippen LogP contribution in [0.5, 0.6) is 0 Å². The van der Waals surface area contributed by atoms with Gasteiger partial charge in [0.15, 0.2) is 0 Å². The van der Waals surface area contributed by atoms with Crippen LogP contribution in [0.15, 0.2) is 30.3 Å². The van der Waals surface area contributed by atoms with Crippen LogP contribution in [0, 0.1) is 5.92 Å². The summed E-state index contributed by atoms with van der Waals surface area (Å²) >= 11 is 0. The number of rotatable bonds is 2. The second kappa shape index (κ2) is 4.60. The molecule has 1 saturated carbocycles. The summed E-state index contributed by atoms with van der Waals surface area (Å²) in [4.78, 5) is 23.0. The zero-order valence-electron chi connectivity index (χ0n) is 9.48. The van der Waals surface area contributed by atoms with Crippen LogP contribution < -0.4 is 0 Å². The first-order chi connectivity index (χ1) is 7.68. The van der Waals surface area contributed by atoms with Crippen LogP contribution in [0.25, 0.3) is 0 Å². The van der Waals surface area contributed by atoms with E-state index in [2.05, 4.69) is 12.1 Å². The van der Waals surface area contributed by atoms with Crippen LogP contribution in [0.3, 0.4) is 0 Å². The Bertz CT molecular complexity index is 394. The van der Waals surface area contributed by atoms with Crippen LogP contribution in [0.2, 0.25) is 0 Å². The van der Waals surface area contributed by atoms with Crippen molar-refractivity contribution in [3.8, 4) is 0 Å². The molecule has 0 aromatic heterocycles. The van der Waals surface area contributed by atoms with Gasteiger partial charge in [-0.3, -0.25) is 9.59 Å². The second-order valence-corrected chi connectivity index (χ2v) is 4.52. The smallest absolute Gasteiger partial charge is 0.143 e. The number of Topliss-reactive ketones (excluding diaryl/α,β-unsaturated/α-hetero) is 2. The molecule has 0 radical (unpaired) electrons. The van der Waals surface area contributed by atoms with Crippen molar-refractivity contribution in [1.82, 2.24) is 0 Å². The van der Waals surface area contributed by atoms with Gasteiger partial charge in [-0.1, -0.05) is 30.3 Å². The van der Waals surface area contributed by atoms with Crippen molar-refractivity contribution in [2.24, 2.45) is 5.92 Å². The van der Waals surface area contributed by atoms with Crippen LogP contribution in [-0.2, 0) is 9.59 Å². The molecular formula is C14H16O2. The molecule has 1 aliphatic carbocycles. The van der Waals surface area contributed by atoms with E-state index in [1.165, 1.54) is 12.5 Å². The summed E-state index contributed by atoms with van der Waals surface area (Å²) < 4.78 is 0. The van der Waals surface area contributed by atoms with E-state index in [1.54, 1.807) is 0 Å². The van der Waals surface area contributed by atoms with Gasteiger partial charge in [-0.15, -0.1) is 0 Å². The largest absolute Gasteiger partial charge is 0.299 e. The van der Waals surface area contributed by atoms with Crippen molar-refractivity contribution in [3.05, 3.63) is 35.9 Å². The number of ketones is 2. The number of benzene rings is 1. The van der Waals surface area contributed by atoms with Gasteiger partial charge in [-0.05, 0) is 31.2 Å². The van der Waals surface area contributed by atoms with Crippen molar-refractivity contribution in [2.45, 2.75) is 32.1 Å². The fourth-order valence-corrected chi connectivity index (χ4v) is 2.46. The van der Waals surface area contributed by atoms with E-state index >= 15 is 0 Å².